The topological polar surface area (TPSA) is 110 Å². The van der Waals surface area contributed by atoms with E-state index in [-0.39, 0.29) is 12.1 Å². The van der Waals surface area contributed by atoms with Crippen LogP contribution in [0.1, 0.15) is 44.7 Å². The largest absolute Gasteiger partial charge is 0.496 e. The molecule has 0 fully saturated rings. The van der Waals surface area contributed by atoms with Crippen LogP contribution in [0.2, 0.25) is 0 Å². The Morgan fingerprint density at radius 3 is 2.54 bits per heavy atom. The minimum absolute atomic E-state index is 0.00454. The lowest BCUT2D eigenvalue weighted by Gasteiger charge is -2.16. The van der Waals surface area contributed by atoms with Gasteiger partial charge in [0, 0.05) is 31.5 Å². The second kappa shape index (κ2) is 12.8. The lowest BCUT2D eigenvalue weighted by atomic mass is 10.1. The number of hydrogen-bond donors (Lipinski definition) is 3. The summed E-state index contributed by atoms with van der Waals surface area (Å²) >= 11 is 0. The summed E-state index contributed by atoms with van der Waals surface area (Å²) in [7, 11) is 5.03. The van der Waals surface area contributed by atoms with Crippen molar-refractivity contribution in [3.63, 3.8) is 0 Å². The molecule has 5 N–H and O–H groups in total. The lowest BCUT2D eigenvalue weighted by Crippen LogP contribution is -2.23. The van der Waals surface area contributed by atoms with Crippen molar-refractivity contribution in [1.82, 2.24) is 5.01 Å². The molecule has 1 aliphatic heterocycles. The predicted octanol–water partition coefficient (Wildman–Crippen LogP) is 3.00. The quantitative estimate of drug-likeness (QED) is 0.531. The molecule has 0 aromatic heterocycles. The number of nitrogen functional groups attached to an aromatic ring is 1. The van der Waals surface area contributed by atoms with E-state index in [0.29, 0.717) is 11.5 Å². The molecule has 1 aromatic carbocycles. The van der Waals surface area contributed by atoms with Gasteiger partial charge in [-0.25, -0.2) is 0 Å². The highest BCUT2D eigenvalue weighted by atomic mass is 16.5. The fourth-order valence-electron chi connectivity index (χ4n) is 2.31. The van der Waals surface area contributed by atoms with E-state index in [2.05, 4.69) is 16.9 Å². The molecule has 0 saturated heterocycles. The van der Waals surface area contributed by atoms with Crippen LogP contribution in [-0.2, 0) is 4.74 Å². The first-order valence-electron chi connectivity index (χ1n) is 8.72. The van der Waals surface area contributed by atoms with Gasteiger partial charge < -0.3 is 20.9 Å². The number of ether oxygens (including phenoxy) is 2. The molecule has 0 amide bonds. The second-order valence-corrected chi connectivity index (χ2v) is 5.12. The van der Waals surface area contributed by atoms with Gasteiger partial charge in [-0.2, -0.15) is 0 Å². The number of rotatable bonds is 6. The normalized spacial score (nSPS) is 15.3. The maximum absolute atomic E-state index is 7.51. The first kappa shape index (κ1) is 23.5. The third kappa shape index (κ3) is 7.14. The zero-order chi connectivity index (χ0) is 20.1. The fourth-order valence-corrected chi connectivity index (χ4v) is 2.31. The SMILES string of the molecule is CC.CN.COc1ccc(C(=N)N)cc1/C=C/CCC1OC(C)=NN1C. The van der Waals surface area contributed by atoms with Gasteiger partial charge in [0.15, 0.2) is 6.23 Å². The van der Waals surface area contributed by atoms with Crippen LogP contribution in [-0.4, -0.2) is 44.2 Å². The van der Waals surface area contributed by atoms with E-state index in [4.69, 9.17) is 20.6 Å². The highest BCUT2D eigenvalue weighted by molar-refractivity contribution is 5.95. The highest BCUT2D eigenvalue weighted by Gasteiger charge is 2.20. The fraction of sp³-hybridized carbons (Fsp3) is 0.474. The molecule has 0 spiro atoms. The molecule has 7 nitrogen and oxygen atoms in total. The van der Waals surface area contributed by atoms with E-state index in [9.17, 15) is 0 Å². The van der Waals surface area contributed by atoms with Crippen molar-refractivity contribution in [1.29, 1.82) is 5.41 Å². The van der Waals surface area contributed by atoms with E-state index in [1.54, 1.807) is 13.2 Å². The number of nitrogens with one attached hydrogen (secondary N) is 1. The Balaban J connectivity index is 0.00000146. The van der Waals surface area contributed by atoms with E-state index >= 15 is 0 Å². The van der Waals surface area contributed by atoms with E-state index in [0.717, 1.165) is 24.2 Å². The van der Waals surface area contributed by atoms with Crippen LogP contribution in [0.15, 0.2) is 29.4 Å². The van der Waals surface area contributed by atoms with Crippen molar-refractivity contribution in [3.8, 4) is 5.75 Å². The molecule has 1 aliphatic rings. The summed E-state index contributed by atoms with van der Waals surface area (Å²) in [5, 5.41) is 13.6. The summed E-state index contributed by atoms with van der Waals surface area (Å²) in [4.78, 5) is 0. The molecule has 146 valence electrons. The Hall–Kier alpha value is -2.54. The van der Waals surface area contributed by atoms with Crippen molar-refractivity contribution in [2.45, 2.75) is 39.8 Å². The Bertz CT molecular complexity index is 614. The highest BCUT2D eigenvalue weighted by Crippen LogP contribution is 2.22. The molecular formula is C19H33N5O2. The third-order valence-corrected chi connectivity index (χ3v) is 3.44. The van der Waals surface area contributed by atoms with Gasteiger partial charge in [0.1, 0.15) is 11.6 Å². The maximum Gasteiger partial charge on any atom is 0.205 e. The van der Waals surface area contributed by atoms with Crippen LogP contribution in [0.25, 0.3) is 6.08 Å². The number of hydrazone groups is 1. The van der Waals surface area contributed by atoms with Crippen LogP contribution in [0.5, 0.6) is 5.75 Å². The minimum Gasteiger partial charge on any atom is -0.496 e. The van der Waals surface area contributed by atoms with Crippen LogP contribution >= 0.6 is 0 Å². The number of hydrogen-bond acceptors (Lipinski definition) is 6. The summed E-state index contributed by atoms with van der Waals surface area (Å²) in [5.74, 6) is 1.51. The first-order chi connectivity index (χ1) is 12.5. The Kier molecular flexibility index (Phi) is 11.5. The molecule has 0 aliphatic carbocycles. The van der Waals surface area contributed by atoms with E-state index < -0.39 is 0 Å². The molecule has 1 atom stereocenters. The summed E-state index contributed by atoms with van der Waals surface area (Å²) in [6, 6.07) is 5.45. The van der Waals surface area contributed by atoms with Crippen molar-refractivity contribution in [2.24, 2.45) is 16.6 Å². The number of methoxy groups -OCH3 is 1. The molecule has 0 saturated carbocycles. The van der Waals surface area contributed by atoms with Gasteiger partial charge in [-0.3, -0.25) is 10.4 Å². The average molecular weight is 364 g/mol. The van der Waals surface area contributed by atoms with Gasteiger partial charge in [-0.15, -0.1) is 5.10 Å². The van der Waals surface area contributed by atoms with Crippen molar-refractivity contribution in [2.75, 3.05) is 21.2 Å². The van der Waals surface area contributed by atoms with Crippen LogP contribution in [0.3, 0.4) is 0 Å². The van der Waals surface area contributed by atoms with Gasteiger partial charge in [-0.1, -0.05) is 26.0 Å². The lowest BCUT2D eigenvalue weighted by molar-refractivity contribution is 0.0701. The summed E-state index contributed by atoms with van der Waals surface area (Å²) in [6.07, 6.45) is 5.74. The molecule has 0 bridgehead atoms. The Morgan fingerprint density at radius 2 is 2.04 bits per heavy atom. The molecular weight excluding hydrogens is 330 g/mol. The zero-order valence-electron chi connectivity index (χ0n) is 16.7. The standard InChI is InChI=1S/C16H22N4O2.C2H6.CH5N/c1-11-19-20(2)15(22-11)7-5-4-6-12-10-13(16(17)18)8-9-14(12)21-3;2*1-2/h4,6,8-10,15H,5,7H2,1-3H3,(H3,17,18);1-2H3;2H2,1H3/b6-4+;;. The second-order valence-electron chi connectivity index (χ2n) is 5.12. The van der Waals surface area contributed by atoms with Crippen LogP contribution in [0.4, 0.5) is 0 Å². The molecule has 1 aromatic rings. The predicted molar refractivity (Wildman–Crippen MR) is 109 cm³/mol. The van der Waals surface area contributed by atoms with Crippen LogP contribution in [0, 0.1) is 5.41 Å². The van der Waals surface area contributed by atoms with Gasteiger partial charge >= 0.3 is 0 Å². The van der Waals surface area contributed by atoms with Gasteiger partial charge in [0.05, 0.1) is 7.11 Å². The smallest absolute Gasteiger partial charge is 0.205 e. The molecule has 7 heteroatoms. The zero-order valence-corrected chi connectivity index (χ0v) is 16.7. The summed E-state index contributed by atoms with van der Waals surface area (Å²) < 4.78 is 10.9. The minimum atomic E-state index is -0.00454. The Morgan fingerprint density at radius 1 is 1.38 bits per heavy atom. The number of benzene rings is 1. The summed E-state index contributed by atoms with van der Waals surface area (Å²) in [6.45, 7) is 5.85. The molecule has 1 heterocycles. The summed E-state index contributed by atoms with van der Waals surface area (Å²) in [5.41, 5.74) is 11.6. The van der Waals surface area contributed by atoms with E-state index in [1.807, 2.05) is 51.0 Å². The van der Waals surface area contributed by atoms with Crippen molar-refractivity contribution in [3.05, 3.63) is 35.4 Å². The van der Waals surface area contributed by atoms with Gasteiger partial charge in [0.25, 0.3) is 0 Å². The number of nitrogens with zero attached hydrogens (tertiary/aromatic N) is 2. The van der Waals surface area contributed by atoms with Crippen LogP contribution < -0.4 is 16.2 Å². The van der Waals surface area contributed by atoms with Gasteiger partial charge in [-0.05, 0) is 31.7 Å². The first-order valence-corrected chi connectivity index (χ1v) is 8.72. The molecule has 2 rings (SSSR count). The monoisotopic (exact) mass is 363 g/mol. The van der Waals surface area contributed by atoms with Crippen molar-refractivity contribution < 1.29 is 9.47 Å². The van der Waals surface area contributed by atoms with E-state index in [1.165, 1.54) is 7.05 Å². The maximum atomic E-state index is 7.51. The number of amidine groups is 1. The molecule has 1 unspecified atom stereocenters. The average Bonchev–Trinajstić information content (AvgIpc) is 2.99. The number of nitrogens with two attached hydrogens (primary N) is 2. The molecule has 26 heavy (non-hydrogen) atoms. The molecule has 0 radical (unpaired) electrons. The third-order valence-electron chi connectivity index (χ3n) is 3.44. The Labute approximate surface area is 157 Å². The van der Waals surface area contributed by atoms with Gasteiger partial charge in [0.2, 0.25) is 5.90 Å². The number of allylic oxidation sites excluding steroid dienone is 1. The van der Waals surface area contributed by atoms with Crippen molar-refractivity contribution >= 4 is 17.8 Å².